The van der Waals surface area contributed by atoms with Crippen molar-refractivity contribution in [1.29, 1.82) is 0 Å². The molecule has 0 saturated carbocycles. The summed E-state index contributed by atoms with van der Waals surface area (Å²) in [5.74, 6) is -0.159. The maximum atomic E-state index is 11.9. The van der Waals surface area contributed by atoms with Gasteiger partial charge in [0.05, 0.1) is 31.8 Å². The van der Waals surface area contributed by atoms with Crippen molar-refractivity contribution in [1.82, 2.24) is 4.90 Å². The van der Waals surface area contributed by atoms with Gasteiger partial charge < -0.3 is 9.16 Å². The summed E-state index contributed by atoms with van der Waals surface area (Å²) in [4.78, 5) is 14.1. The van der Waals surface area contributed by atoms with Gasteiger partial charge in [0.15, 0.2) is 8.32 Å². The summed E-state index contributed by atoms with van der Waals surface area (Å²) in [6.07, 6.45) is 0. The molecule has 1 aliphatic rings. The van der Waals surface area contributed by atoms with E-state index < -0.39 is 8.32 Å². The van der Waals surface area contributed by atoms with E-state index >= 15 is 0 Å². The molecule has 1 fully saturated rings. The predicted octanol–water partition coefficient (Wildman–Crippen LogP) is 4.00. The topological polar surface area (TPSA) is 38.5 Å². The first-order valence-corrected chi connectivity index (χ1v) is 11.7. The summed E-state index contributed by atoms with van der Waals surface area (Å²) >= 11 is 0. The Labute approximate surface area is 147 Å². The van der Waals surface area contributed by atoms with E-state index in [0.717, 1.165) is 0 Å². The second-order valence-electron chi connectivity index (χ2n) is 7.97. The lowest BCUT2D eigenvalue weighted by Crippen LogP contribution is -2.42. The van der Waals surface area contributed by atoms with Crippen molar-refractivity contribution in [2.45, 2.75) is 57.9 Å². The van der Waals surface area contributed by atoms with Gasteiger partial charge >= 0.3 is 5.97 Å². The third kappa shape index (κ3) is 4.46. The molecule has 1 aliphatic heterocycles. The van der Waals surface area contributed by atoms with Gasteiger partial charge in [0.2, 0.25) is 0 Å². The Hall–Kier alpha value is -1.17. The molecule has 1 unspecified atom stereocenters. The number of nitrogens with zero attached hydrogens (tertiary/aromatic N) is 1. The van der Waals surface area contributed by atoms with E-state index in [4.69, 9.17) is 9.16 Å². The average molecular weight is 350 g/mol. The summed E-state index contributed by atoms with van der Waals surface area (Å²) < 4.78 is 11.5. The van der Waals surface area contributed by atoms with Crippen molar-refractivity contribution >= 4 is 14.3 Å². The van der Waals surface area contributed by atoms with Gasteiger partial charge in [0.25, 0.3) is 0 Å². The van der Waals surface area contributed by atoms with Gasteiger partial charge in [-0.2, -0.15) is 0 Å². The highest BCUT2D eigenvalue weighted by Gasteiger charge is 2.50. The van der Waals surface area contributed by atoms with Crippen molar-refractivity contribution < 1.29 is 14.0 Å². The minimum absolute atomic E-state index is 0.159. The minimum atomic E-state index is -1.79. The summed E-state index contributed by atoms with van der Waals surface area (Å²) in [5.41, 5.74) is 1.24. The number of ether oxygens (including phenoxy) is 1. The lowest BCUT2D eigenvalue weighted by Gasteiger charge is -2.36. The molecule has 0 aliphatic carbocycles. The van der Waals surface area contributed by atoms with Gasteiger partial charge in [-0.15, -0.1) is 0 Å². The van der Waals surface area contributed by atoms with Crippen LogP contribution in [0.2, 0.25) is 18.1 Å². The van der Waals surface area contributed by atoms with Crippen LogP contribution in [0, 0.1) is 0 Å². The molecule has 0 aromatic heterocycles. The number of esters is 1. The van der Waals surface area contributed by atoms with Crippen LogP contribution in [-0.2, 0) is 14.0 Å². The zero-order valence-corrected chi connectivity index (χ0v) is 16.8. The minimum Gasteiger partial charge on any atom is -0.465 e. The second-order valence-corrected chi connectivity index (χ2v) is 12.8. The van der Waals surface area contributed by atoms with Gasteiger partial charge in [-0.25, -0.2) is 0 Å². The maximum absolute atomic E-state index is 11.9. The quantitative estimate of drug-likeness (QED) is 0.424. The van der Waals surface area contributed by atoms with Crippen LogP contribution < -0.4 is 0 Å². The van der Waals surface area contributed by atoms with Crippen molar-refractivity contribution in [2.24, 2.45) is 0 Å². The molecular formula is C19H31NO3Si. The monoisotopic (exact) mass is 349 g/mol. The molecule has 0 amide bonds. The molecule has 1 saturated heterocycles. The van der Waals surface area contributed by atoms with Crippen molar-refractivity contribution in [2.75, 3.05) is 19.8 Å². The number of benzene rings is 1. The Morgan fingerprint density at radius 3 is 2.38 bits per heavy atom. The second kappa shape index (κ2) is 7.38. The Bertz CT molecular complexity index is 553. The Kier molecular flexibility index (Phi) is 5.89. The molecule has 0 spiro atoms. The van der Waals surface area contributed by atoms with E-state index in [2.05, 4.69) is 50.9 Å². The van der Waals surface area contributed by atoms with Crippen LogP contribution in [0.4, 0.5) is 0 Å². The average Bonchev–Trinajstić information content (AvgIpc) is 3.17. The zero-order chi connectivity index (χ0) is 18.0. The SMILES string of the molecule is CCOC(=O)CN1[C@H](c2ccccc2)[C@@H]1CO[Si](C)(C)C(C)(C)C. The van der Waals surface area contributed by atoms with Gasteiger partial charge in [-0.1, -0.05) is 51.1 Å². The van der Waals surface area contributed by atoms with Crippen LogP contribution in [0.25, 0.3) is 0 Å². The van der Waals surface area contributed by atoms with E-state index in [1.165, 1.54) is 5.56 Å². The number of rotatable bonds is 7. The molecular weight excluding hydrogens is 318 g/mol. The normalized spacial score (nSPS) is 23.8. The van der Waals surface area contributed by atoms with Crippen LogP contribution in [0.1, 0.15) is 39.3 Å². The van der Waals surface area contributed by atoms with Crippen molar-refractivity contribution in [3.05, 3.63) is 35.9 Å². The van der Waals surface area contributed by atoms with Gasteiger partial charge in [-0.05, 0) is 30.6 Å². The smallest absolute Gasteiger partial charge is 0.320 e. The van der Waals surface area contributed by atoms with Crippen molar-refractivity contribution in [3.63, 3.8) is 0 Å². The lowest BCUT2D eigenvalue weighted by atomic mass is 10.1. The molecule has 0 radical (unpaired) electrons. The van der Waals surface area contributed by atoms with E-state index in [0.29, 0.717) is 19.8 Å². The first-order chi connectivity index (χ1) is 11.2. The predicted molar refractivity (Wildman–Crippen MR) is 99.5 cm³/mol. The summed E-state index contributed by atoms with van der Waals surface area (Å²) in [7, 11) is -1.79. The molecule has 4 nitrogen and oxygen atoms in total. The molecule has 1 heterocycles. The highest BCUT2D eigenvalue weighted by Crippen LogP contribution is 2.44. The number of hydrogen-bond donors (Lipinski definition) is 0. The molecule has 134 valence electrons. The maximum Gasteiger partial charge on any atom is 0.320 e. The Morgan fingerprint density at radius 1 is 1.21 bits per heavy atom. The van der Waals surface area contributed by atoms with Gasteiger partial charge in [-0.3, -0.25) is 9.69 Å². The molecule has 3 atom stereocenters. The van der Waals surface area contributed by atoms with Crippen LogP contribution >= 0.6 is 0 Å². The molecule has 1 aromatic carbocycles. The number of carbonyl (C=O) groups is 1. The molecule has 0 bridgehead atoms. The van der Waals surface area contributed by atoms with E-state index in [1.807, 2.05) is 25.1 Å². The first-order valence-electron chi connectivity index (χ1n) is 8.77. The highest BCUT2D eigenvalue weighted by molar-refractivity contribution is 6.74. The fraction of sp³-hybridized carbons (Fsp3) is 0.632. The molecule has 5 heteroatoms. The standard InChI is InChI=1S/C19H31NO3Si/c1-7-22-17(21)13-20-16(14-23-24(5,6)19(2,3)4)18(20)15-11-9-8-10-12-15/h8-12,16,18H,7,13-14H2,1-6H3/t16-,18+,20?/m0/s1. The number of hydrogen-bond acceptors (Lipinski definition) is 4. The lowest BCUT2D eigenvalue weighted by molar-refractivity contribution is -0.143. The fourth-order valence-electron chi connectivity index (χ4n) is 2.66. The molecule has 24 heavy (non-hydrogen) atoms. The molecule has 2 rings (SSSR count). The molecule has 0 N–H and O–H groups in total. The van der Waals surface area contributed by atoms with Crippen LogP contribution in [0.15, 0.2) is 30.3 Å². The van der Waals surface area contributed by atoms with Crippen LogP contribution in [0.5, 0.6) is 0 Å². The Balaban J connectivity index is 2.04. The summed E-state index contributed by atoms with van der Waals surface area (Å²) in [6.45, 7) is 14.5. The summed E-state index contributed by atoms with van der Waals surface area (Å²) in [5, 5.41) is 0.191. The number of carbonyl (C=O) groups excluding carboxylic acids is 1. The largest absolute Gasteiger partial charge is 0.465 e. The Morgan fingerprint density at radius 2 is 1.83 bits per heavy atom. The zero-order valence-electron chi connectivity index (χ0n) is 15.8. The van der Waals surface area contributed by atoms with Gasteiger partial charge in [0, 0.05) is 0 Å². The molecule has 1 aromatic rings. The third-order valence-electron chi connectivity index (χ3n) is 5.24. The highest BCUT2D eigenvalue weighted by atomic mass is 28.4. The fourth-order valence-corrected chi connectivity index (χ4v) is 3.68. The van der Waals surface area contributed by atoms with Gasteiger partial charge in [0.1, 0.15) is 0 Å². The van der Waals surface area contributed by atoms with E-state index in [1.54, 1.807) is 0 Å². The summed E-state index contributed by atoms with van der Waals surface area (Å²) in [6, 6.07) is 10.8. The third-order valence-corrected chi connectivity index (χ3v) is 9.74. The van der Waals surface area contributed by atoms with E-state index in [-0.39, 0.29) is 23.1 Å². The first kappa shape index (κ1) is 19.2. The van der Waals surface area contributed by atoms with E-state index in [9.17, 15) is 4.79 Å². The van der Waals surface area contributed by atoms with Crippen LogP contribution in [-0.4, -0.2) is 45.0 Å². The van der Waals surface area contributed by atoms with Crippen molar-refractivity contribution in [3.8, 4) is 0 Å². The van der Waals surface area contributed by atoms with Crippen LogP contribution in [0.3, 0.4) is 0 Å².